The maximum atomic E-state index is 12.6. The van der Waals surface area contributed by atoms with Crippen LogP contribution in [0.5, 0.6) is 5.88 Å². The molecule has 6 heteroatoms. The lowest BCUT2D eigenvalue weighted by Crippen LogP contribution is -2.19. The lowest BCUT2D eigenvalue weighted by atomic mass is 9.87. The molecule has 0 aliphatic heterocycles. The quantitative estimate of drug-likeness (QED) is 0.507. The summed E-state index contributed by atoms with van der Waals surface area (Å²) >= 11 is 0. The molecule has 3 aromatic rings. The lowest BCUT2D eigenvalue weighted by molar-refractivity contribution is -0.120. The number of hydrogen-bond acceptors (Lipinski definition) is 6. The van der Waals surface area contributed by atoms with E-state index in [0.717, 1.165) is 28.4 Å². The zero-order chi connectivity index (χ0) is 21.0. The second-order valence-corrected chi connectivity index (χ2v) is 7.61. The number of fused-ring (bicyclic) bond motifs is 3. The molecule has 0 saturated heterocycles. The predicted octanol–water partition coefficient (Wildman–Crippen LogP) is 4.35. The minimum Gasteiger partial charge on any atom is -0.476 e. The first-order valence-electron chi connectivity index (χ1n) is 10.0. The maximum Gasteiger partial charge on any atom is 0.213 e. The number of ether oxygens (including phenoxy) is 1. The Morgan fingerprint density at radius 1 is 1.21 bits per heavy atom. The summed E-state index contributed by atoms with van der Waals surface area (Å²) in [5.41, 5.74) is 2.34. The summed E-state index contributed by atoms with van der Waals surface area (Å²) in [5, 5.41) is 1.81. The van der Waals surface area contributed by atoms with Crippen molar-refractivity contribution in [2.45, 2.75) is 39.0 Å². The van der Waals surface area contributed by atoms with Crippen LogP contribution in [0.4, 0.5) is 0 Å². The first kappa shape index (κ1) is 21.0. The van der Waals surface area contributed by atoms with Crippen LogP contribution in [0.1, 0.15) is 44.6 Å². The van der Waals surface area contributed by atoms with Crippen molar-refractivity contribution in [1.29, 1.82) is 0 Å². The van der Waals surface area contributed by atoms with Crippen molar-refractivity contribution in [1.82, 2.24) is 9.88 Å². The summed E-state index contributed by atoms with van der Waals surface area (Å²) in [4.78, 5) is 30.8. The van der Waals surface area contributed by atoms with Crippen molar-refractivity contribution in [3.63, 3.8) is 0 Å². The highest BCUT2D eigenvalue weighted by molar-refractivity contribution is 6.08. The van der Waals surface area contributed by atoms with Gasteiger partial charge in [-0.2, -0.15) is 0 Å². The van der Waals surface area contributed by atoms with Gasteiger partial charge in [0.15, 0.2) is 0 Å². The fraction of sp³-hybridized carbons (Fsp3) is 0.435. The summed E-state index contributed by atoms with van der Waals surface area (Å²) in [6.45, 7) is 4.77. The van der Waals surface area contributed by atoms with E-state index in [1.165, 1.54) is 0 Å². The van der Waals surface area contributed by atoms with Crippen LogP contribution in [0.2, 0.25) is 0 Å². The van der Waals surface area contributed by atoms with Crippen molar-refractivity contribution in [2.75, 3.05) is 27.2 Å². The Morgan fingerprint density at radius 2 is 2.00 bits per heavy atom. The Bertz CT molecular complexity index is 1020. The Balaban J connectivity index is 2.00. The Hall–Kier alpha value is -2.73. The van der Waals surface area contributed by atoms with Gasteiger partial charge in [0.2, 0.25) is 5.88 Å². The average molecular weight is 396 g/mol. The van der Waals surface area contributed by atoms with Crippen molar-refractivity contribution in [2.24, 2.45) is 0 Å². The van der Waals surface area contributed by atoms with Crippen molar-refractivity contribution in [3.05, 3.63) is 36.1 Å². The van der Waals surface area contributed by atoms with Crippen LogP contribution < -0.4 is 4.74 Å². The molecule has 0 N–H and O–H groups in total. The normalized spacial score (nSPS) is 12.6. The highest BCUT2D eigenvalue weighted by atomic mass is 16.5. The van der Waals surface area contributed by atoms with Crippen LogP contribution in [0.15, 0.2) is 34.9 Å². The highest BCUT2D eigenvalue weighted by Gasteiger charge is 2.25. The number of rotatable bonds is 10. The molecule has 0 saturated carbocycles. The number of pyridine rings is 1. The Morgan fingerprint density at radius 3 is 2.69 bits per heavy atom. The topological polar surface area (TPSA) is 72.6 Å². The summed E-state index contributed by atoms with van der Waals surface area (Å²) < 4.78 is 11.5. The van der Waals surface area contributed by atoms with Crippen molar-refractivity contribution < 1.29 is 18.7 Å². The van der Waals surface area contributed by atoms with E-state index in [0.29, 0.717) is 37.3 Å². The number of carbonyl (C=O) groups excluding carboxylic acids is 2. The molecule has 154 valence electrons. The summed E-state index contributed by atoms with van der Waals surface area (Å²) in [5.74, 6) is 0.411. The fourth-order valence-electron chi connectivity index (χ4n) is 3.50. The number of likely N-dealkylation sites (N-methyl/N-ethyl adjacent to an activating group) is 1. The third-order valence-electron chi connectivity index (χ3n) is 5.10. The summed E-state index contributed by atoms with van der Waals surface area (Å²) in [6.07, 6.45) is 2.94. The first-order valence-corrected chi connectivity index (χ1v) is 10.0. The third-order valence-corrected chi connectivity index (χ3v) is 5.10. The van der Waals surface area contributed by atoms with Gasteiger partial charge in [-0.3, -0.25) is 4.79 Å². The van der Waals surface area contributed by atoms with E-state index in [9.17, 15) is 9.59 Å². The van der Waals surface area contributed by atoms with Gasteiger partial charge in [0.05, 0.1) is 11.8 Å². The van der Waals surface area contributed by atoms with Gasteiger partial charge in [0, 0.05) is 47.7 Å². The summed E-state index contributed by atoms with van der Waals surface area (Å²) in [7, 11) is 3.99. The number of aromatic nitrogens is 1. The van der Waals surface area contributed by atoms with E-state index in [2.05, 4.69) is 4.98 Å². The van der Waals surface area contributed by atoms with E-state index >= 15 is 0 Å². The fourth-order valence-corrected chi connectivity index (χ4v) is 3.50. The first-order chi connectivity index (χ1) is 13.9. The molecule has 0 bridgehead atoms. The molecule has 6 nitrogen and oxygen atoms in total. The number of benzene rings is 1. The number of nitrogens with zero attached hydrogens (tertiary/aromatic N) is 2. The van der Waals surface area contributed by atoms with Crippen LogP contribution in [-0.2, 0) is 9.59 Å². The number of furan rings is 1. The molecule has 1 atom stereocenters. The van der Waals surface area contributed by atoms with Gasteiger partial charge in [0.25, 0.3) is 0 Å². The van der Waals surface area contributed by atoms with E-state index in [4.69, 9.17) is 9.15 Å². The second kappa shape index (κ2) is 9.18. The molecule has 0 amide bonds. The molecule has 1 aromatic carbocycles. The number of hydrogen-bond donors (Lipinski definition) is 0. The van der Waals surface area contributed by atoms with Gasteiger partial charge >= 0.3 is 0 Å². The molecule has 29 heavy (non-hydrogen) atoms. The zero-order valence-corrected chi connectivity index (χ0v) is 17.5. The maximum absolute atomic E-state index is 12.6. The van der Waals surface area contributed by atoms with E-state index in [1.807, 2.05) is 50.2 Å². The average Bonchev–Trinajstić information content (AvgIpc) is 3.11. The number of ketones is 2. The molecule has 2 aromatic heterocycles. The van der Waals surface area contributed by atoms with Crippen LogP contribution in [0.3, 0.4) is 0 Å². The zero-order valence-electron chi connectivity index (χ0n) is 17.5. The molecule has 0 aliphatic rings. The number of carbonyl (C=O) groups is 2. The van der Waals surface area contributed by atoms with Crippen LogP contribution >= 0.6 is 0 Å². The van der Waals surface area contributed by atoms with Gasteiger partial charge < -0.3 is 18.8 Å². The Labute approximate surface area is 170 Å². The molecule has 0 spiro atoms. The molecule has 0 radical (unpaired) electrons. The van der Waals surface area contributed by atoms with E-state index in [-0.39, 0.29) is 17.5 Å². The SMILES string of the molecule is CCC(=O)C(CCC(C)=O)c1coc2ccc3nc(OCCN(C)C)ccc3c12. The molecule has 2 heterocycles. The molecule has 3 rings (SSSR count). The molecule has 0 fully saturated rings. The monoisotopic (exact) mass is 396 g/mol. The van der Waals surface area contributed by atoms with Crippen LogP contribution in [0.25, 0.3) is 21.9 Å². The molecule has 1 unspecified atom stereocenters. The second-order valence-electron chi connectivity index (χ2n) is 7.61. The van der Waals surface area contributed by atoms with Crippen molar-refractivity contribution >= 4 is 33.4 Å². The minimum absolute atomic E-state index is 0.0812. The third kappa shape index (κ3) is 4.82. The molecular weight excluding hydrogens is 368 g/mol. The van der Waals surface area contributed by atoms with Crippen molar-refractivity contribution in [3.8, 4) is 5.88 Å². The van der Waals surface area contributed by atoms with E-state index < -0.39 is 0 Å². The minimum atomic E-state index is -0.355. The van der Waals surface area contributed by atoms with Crippen LogP contribution in [0, 0.1) is 0 Å². The van der Waals surface area contributed by atoms with E-state index in [1.54, 1.807) is 13.2 Å². The molecule has 0 aliphatic carbocycles. The largest absolute Gasteiger partial charge is 0.476 e. The number of Topliss-reactive ketones (excluding diaryl/α,β-unsaturated/α-hetero) is 2. The Kier molecular flexibility index (Phi) is 6.64. The summed E-state index contributed by atoms with van der Waals surface area (Å²) in [6, 6.07) is 7.58. The van der Waals surface area contributed by atoms with Gasteiger partial charge in [-0.15, -0.1) is 0 Å². The van der Waals surface area contributed by atoms with Gasteiger partial charge in [-0.1, -0.05) is 6.92 Å². The molecular formula is C23H28N2O4. The standard InChI is InChI=1S/C23H28N2O4/c1-5-20(27)16(7-6-15(2)26)18-14-29-21-10-9-19-17(23(18)21)8-11-22(24-19)28-13-12-25(3)4/h8-11,14,16H,5-7,12-13H2,1-4H3. The van der Waals surface area contributed by atoms with Crippen LogP contribution in [-0.4, -0.2) is 48.7 Å². The van der Waals surface area contributed by atoms with Gasteiger partial charge in [-0.25, -0.2) is 4.98 Å². The van der Waals surface area contributed by atoms with Gasteiger partial charge in [-0.05, 0) is 45.6 Å². The van der Waals surface area contributed by atoms with Gasteiger partial charge in [0.1, 0.15) is 23.8 Å². The predicted molar refractivity (Wildman–Crippen MR) is 114 cm³/mol. The smallest absolute Gasteiger partial charge is 0.213 e. The lowest BCUT2D eigenvalue weighted by Gasteiger charge is -2.14. The highest BCUT2D eigenvalue weighted by Crippen LogP contribution is 2.36.